The zero-order valence-corrected chi connectivity index (χ0v) is 25.0. The Hall–Kier alpha value is -0.393. The Morgan fingerprint density at radius 2 is 1.18 bits per heavy atom. The molecule has 0 saturated carbocycles. The molecule has 0 bridgehead atoms. The predicted octanol–water partition coefficient (Wildman–Crippen LogP) is 9.11. The average molecular weight is 501 g/mol. The standard InChI is InChI=1S/C29H60O4Si/c1-8-9-10-11-12-13-14-15-16-17-18-19-20-21-22-23-26(24-27(30)25(2)28(31)32)33-34(6,7)29(3,4)5/h25-27,30H,8-24H2,1-7H3,(H,31,32)/t25?,26-,27-/m1/s1. The number of aliphatic hydroxyl groups is 1. The van der Waals surface area contributed by atoms with Crippen LogP contribution < -0.4 is 0 Å². The number of aliphatic carboxylic acids is 1. The third-order valence-electron chi connectivity index (χ3n) is 7.87. The molecular weight excluding hydrogens is 440 g/mol. The van der Waals surface area contributed by atoms with Crippen molar-refractivity contribution in [3.05, 3.63) is 0 Å². The highest BCUT2D eigenvalue weighted by Crippen LogP contribution is 2.38. The summed E-state index contributed by atoms with van der Waals surface area (Å²) >= 11 is 0. The summed E-state index contributed by atoms with van der Waals surface area (Å²) in [5.74, 6) is -1.70. The maximum absolute atomic E-state index is 11.3. The van der Waals surface area contributed by atoms with Crippen LogP contribution in [-0.2, 0) is 9.22 Å². The normalized spacial score (nSPS) is 15.3. The van der Waals surface area contributed by atoms with Crippen LogP contribution in [0.4, 0.5) is 0 Å². The predicted molar refractivity (Wildman–Crippen MR) is 149 cm³/mol. The first kappa shape index (κ1) is 33.6. The van der Waals surface area contributed by atoms with Gasteiger partial charge < -0.3 is 14.6 Å². The van der Waals surface area contributed by atoms with Crippen LogP contribution in [0.25, 0.3) is 0 Å². The Kier molecular flexibility index (Phi) is 18.6. The molecule has 3 atom stereocenters. The minimum absolute atomic E-state index is 0.0559. The molecule has 0 fully saturated rings. The van der Waals surface area contributed by atoms with Gasteiger partial charge in [0.25, 0.3) is 0 Å². The fourth-order valence-corrected chi connectivity index (χ4v) is 5.60. The van der Waals surface area contributed by atoms with Crippen molar-refractivity contribution in [3.63, 3.8) is 0 Å². The first-order valence-corrected chi connectivity index (χ1v) is 17.4. The van der Waals surface area contributed by atoms with E-state index in [1.807, 2.05) is 0 Å². The van der Waals surface area contributed by atoms with Crippen molar-refractivity contribution in [1.29, 1.82) is 0 Å². The number of carboxylic acid groups (broad SMARTS) is 1. The van der Waals surface area contributed by atoms with Crippen molar-refractivity contribution in [1.82, 2.24) is 0 Å². The summed E-state index contributed by atoms with van der Waals surface area (Å²) in [6, 6.07) is 0. The summed E-state index contributed by atoms with van der Waals surface area (Å²) in [6.45, 7) is 15.0. The van der Waals surface area contributed by atoms with E-state index in [9.17, 15) is 15.0 Å². The molecule has 5 heteroatoms. The van der Waals surface area contributed by atoms with E-state index in [1.165, 1.54) is 89.9 Å². The van der Waals surface area contributed by atoms with E-state index >= 15 is 0 Å². The SMILES string of the molecule is CCCCCCCCCCCCCCCCC[C@H](C[C@@H](O)C(C)C(=O)O)O[Si](C)(C)C(C)(C)C. The van der Waals surface area contributed by atoms with Crippen LogP contribution in [0, 0.1) is 5.92 Å². The topological polar surface area (TPSA) is 66.8 Å². The molecule has 0 aromatic rings. The van der Waals surface area contributed by atoms with Gasteiger partial charge in [-0.25, -0.2) is 0 Å². The highest BCUT2D eigenvalue weighted by Gasteiger charge is 2.39. The van der Waals surface area contributed by atoms with Crippen LogP contribution >= 0.6 is 0 Å². The van der Waals surface area contributed by atoms with E-state index in [0.29, 0.717) is 6.42 Å². The monoisotopic (exact) mass is 500 g/mol. The van der Waals surface area contributed by atoms with E-state index in [1.54, 1.807) is 6.92 Å². The molecule has 0 radical (unpaired) electrons. The van der Waals surface area contributed by atoms with Crippen molar-refractivity contribution in [2.24, 2.45) is 5.92 Å². The van der Waals surface area contributed by atoms with E-state index in [4.69, 9.17) is 4.43 Å². The molecular formula is C29H60O4Si. The van der Waals surface area contributed by atoms with Crippen LogP contribution in [-0.4, -0.2) is 36.7 Å². The summed E-state index contributed by atoms with van der Waals surface area (Å²) in [5, 5.41) is 19.8. The fraction of sp³-hybridized carbons (Fsp3) is 0.966. The number of rotatable bonds is 22. The van der Waals surface area contributed by atoms with Crippen molar-refractivity contribution >= 4 is 14.3 Å². The molecule has 0 spiro atoms. The van der Waals surface area contributed by atoms with Gasteiger partial charge in [0, 0.05) is 6.10 Å². The summed E-state index contributed by atoms with van der Waals surface area (Å²) < 4.78 is 6.61. The quantitative estimate of drug-likeness (QED) is 0.115. The summed E-state index contributed by atoms with van der Waals surface area (Å²) in [6.07, 6.45) is 20.6. The van der Waals surface area contributed by atoms with Gasteiger partial charge in [-0.1, -0.05) is 124 Å². The minimum atomic E-state index is -1.96. The van der Waals surface area contributed by atoms with E-state index in [0.717, 1.165) is 12.8 Å². The van der Waals surface area contributed by atoms with Gasteiger partial charge in [0.15, 0.2) is 8.32 Å². The second-order valence-corrected chi connectivity index (χ2v) is 16.9. The molecule has 4 nitrogen and oxygen atoms in total. The highest BCUT2D eigenvalue weighted by atomic mass is 28.4. The second-order valence-electron chi connectivity index (χ2n) is 12.2. The van der Waals surface area contributed by atoms with Crippen LogP contribution in [0.3, 0.4) is 0 Å². The van der Waals surface area contributed by atoms with Gasteiger partial charge in [-0.3, -0.25) is 4.79 Å². The Balaban J connectivity index is 4.11. The Morgan fingerprint density at radius 1 is 0.794 bits per heavy atom. The van der Waals surface area contributed by atoms with Crippen molar-refractivity contribution < 1.29 is 19.4 Å². The van der Waals surface area contributed by atoms with Gasteiger partial charge >= 0.3 is 5.97 Å². The number of aliphatic hydroxyl groups excluding tert-OH is 1. The number of carbonyl (C=O) groups is 1. The molecule has 204 valence electrons. The molecule has 0 aromatic heterocycles. The van der Waals surface area contributed by atoms with Gasteiger partial charge in [0.1, 0.15) is 0 Å². The molecule has 0 aromatic carbocycles. The van der Waals surface area contributed by atoms with Crippen molar-refractivity contribution in [2.75, 3.05) is 0 Å². The van der Waals surface area contributed by atoms with E-state index in [-0.39, 0.29) is 11.1 Å². The van der Waals surface area contributed by atoms with Gasteiger partial charge in [-0.2, -0.15) is 0 Å². The van der Waals surface area contributed by atoms with Gasteiger partial charge in [-0.05, 0) is 37.9 Å². The molecule has 0 amide bonds. The largest absolute Gasteiger partial charge is 0.481 e. The van der Waals surface area contributed by atoms with Crippen LogP contribution in [0.2, 0.25) is 18.1 Å². The molecule has 0 aliphatic carbocycles. The molecule has 0 saturated heterocycles. The fourth-order valence-electron chi connectivity index (χ4n) is 4.20. The summed E-state index contributed by atoms with van der Waals surface area (Å²) in [5.41, 5.74) is 0. The van der Waals surface area contributed by atoms with E-state index < -0.39 is 26.3 Å². The number of hydrogen-bond donors (Lipinski definition) is 2. The van der Waals surface area contributed by atoms with Gasteiger partial charge in [0.2, 0.25) is 0 Å². The third kappa shape index (κ3) is 16.3. The zero-order chi connectivity index (χ0) is 26.0. The second kappa shape index (κ2) is 18.8. The molecule has 0 rings (SSSR count). The Bertz CT molecular complexity index is 501. The molecule has 0 aliphatic rings. The van der Waals surface area contributed by atoms with Crippen LogP contribution in [0.15, 0.2) is 0 Å². The lowest BCUT2D eigenvalue weighted by atomic mass is 9.96. The first-order valence-electron chi connectivity index (χ1n) is 14.5. The average Bonchev–Trinajstić information content (AvgIpc) is 2.74. The number of carboxylic acids is 1. The lowest BCUT2D eigenvalue weighted by molar-refractivity contribution is -0.145. The first-order chi connectivity index (χ1) is 15.9. The number of unbranched alkanes of at least 4 members (excludes halogenated alkanes) is 14. The highest BCUT2D eigenvalue weighted by molar-refractivity contribution is 6.74. The lowest BCUT2D eigenvalue weighted by Gasteiger charge is -2.40. The molecule has 0 aliphatic heterocycles. The van der Waals surface area contributed by atoms with Crippen LogP contribution in [0.1, 0.15) is 144 Å². The van der Waals surface area contributed by atoms with Crippen molar-refractivity contribution in [3.8, 4) is 0 Å². The molecule has 34 heavy (non-hydrogen) atoms. The summed E-state index contributed by atoms with van der Waals surface area (Å²) in [4.78, 5) is 11.3. The maximum atomic E-state index is 11.3. The van der Waals surface area contributed by atoms with Gasteiger partial charge in [0.05, 0.1) is 12.0 Å². The molecule has 0 heterocycles. The Morgan fingerprint density at radius 3 is 1.53 bits per heavy atom. The van der Waals surface area contributed by atoms with E-state index in [2.05, 4.69) is 40.8 Å². The maximum Gasteiger partial charge on any atom is 0.308 e. The number of hydrogen-bond acceptors (Lipinski definition) is 3. The summed E-state index contributed by atoms with van der Waals surface area (Å²) in [7, 11) is -1.96. The molecule has 1 unspecified atom stereocenters. The smallest absolute Gasteiger partial charge is 0.308 e. The zero-order valence-electron chi connectivity index (χ0n) is 24.0. The Labute approximate surface area is 213 Å². The van der Waals surface area contributed by atoms with Gasteiger partial charge in [-0.15, -0.1) is 0 Å². The van der Waals surface area contributed by atoms with Crippen molar-refractivity contribution in [2.45, 2.75) is 174 Å². The van der Waals surface area contributed by atoms with Crippen LogP contribution in [0.5, 0.6) is 0 Å². The molecule has 2 N–H and O–H groups in total. The minimum Gasteiger partial charge on any atom is -0.481 e. The lowest BCUT2D eigenvalue weighted by Crippen LogP contribution is -2.45. The third-order valence-corrected chi connectivity index (χ3v) is 12.4.